The van der Waals surface area contributed by atoms with Crippen LogP contribution in [0.5, 0.6) is 0 Å². The van der Waals surface area contributed by atoms with Crippen LogP contribution in [-0.4, -0.2) is 78.3 Å². The number of hydrogen-bond donors (Lipinski definition) is 3. The first-order valence-corrected chi connectivity index (χ1v) is 10.6. The quantitative estimate of drug-likeness (QED) is 0.172. The number of hydrogen-bond acceptors (Lipinski definition) is 4. The molecule has 0 heterocycles. The molecule has 218 valence electrons. The summed E-state index contributed by atoms with van der Waals surface area (Å²) in [5.74, 6) is -52.3. The van der Waals surface area contributed by atoms with Gasteiger partial charge >= 0.3 is 54.8 Å². The van der Waals surface area contributed by atoms with Crippen molar-refractivity contribution >= 4 is 17.8 Å². The van der Waals surface area contributed by atoms with Gasteiger partial charge in [-0.1, -0.05) is 0 Å². The van der Waals surface area contributed by atoms with Crippen molar-refractivity contribution in [2.24, 2.45) is 0 Å². The molecule has 7 nitrogen and oxygen atoms in total. The van der Waals surface area contributed by atoms with Gasteiger partial charge in [0.2, 0.25) is 0 Å². The molecular formula is C10H7F17NO6PS. The average molecular weight is 623 g/mol. The second-order valence-corrected chi connectivity index (χ2v) is 9.23. The maximum atomic E-state index is 13.6. The van der Waals surface area contributed by atoms with Gasteiger partial charge in [-0.2, -0.15) is 74.6 Å². The van der Waals surface area contributed by atoms with Gasteiger partial charge in [0.25, 0.3) is 10.0 Å². The third kappa shape index (κ3) is 5.22. The molecule has 0 bridgehead atoms. The zero-order valence-electron chi connectivity index (χ0n) is 15.7. The van der Waals surface area contributed by atoms with Crippen molar-refractivity contribution in [1.82, 2.24) is 4.72 Å². The van der Waals surface area contributed by atoms with Crippen LogP contribution < -0.4 is 4.72 Å². The molecule has 0 saturated heterocycles. The van der Waals surface area contributed by atoms with E-state index in [9.17, 15) is 87.6 Å². The van der Waals surface area contributed by atoms with E-state index in [4.69, 9.17) is 9.79 Å². The summed E-state index contributed by atoms with van der Waals surface area (Å²) in [5, 5.41) is -7.77. The number of halogens is 17. The lowest BCUT2D eigenvalue weighted by atomic mass is 9.91. The Morgan fingerprint density at radius 1 is 0.611 bits per heavy atom. The van der Waals surface area contributed by atoms with Crippen molar-refractivity contribution in [3.8, 4) is 0 Å². The van der Waals surface area contributed by atoms with Crippen LogP contribution in [-0.2, 0) is 19.1 Å². The van der Waals surface area contributed by atoms with Gasteiger partial charge in [0.05, 0.1) is 6.61 Å². The van der Waals surface area contributed by atoms with Gasteiger partial charge in [-0.3, -0.25) is 4.52 Å². The Morgan fingerprint density at radius 3 is 1.22 bits per heavy atom. The molecule has 0 aliphatic rings. The van der Waals surface area contributed by atoms with E-state index in [1.807, 2.05) is 0 Å². The largest absolute Gasteiger partial charge is 0.469 e. The fourth-order valence-electron chi connectivity index (χ4n) is 1.75. The molecule has 36 heavy (non-hydrogen) atoms. The molecule has 0 aromatic carbocycles. The van der Waals surface area contributed by atoms with E-state index in [0.717, 1.165) is 0 Å². The monoisotopic (exact) mass is 623 g/mol. The molecule has 0 atom stereocenters. The highest BCUT2D eigenvalue weighted by Crippen LogP contribution is 2.64. The molecule has 0 fully saturated rings. The molecule has 0 amide bonds. The number of phosphoric acid groups is 1. The van der Waals surface area contributed by atoms with Crippen molar-refractivity contribution in [2.75, 3.05) is 13.2 Å². The Kier molecular flexibility index (Phi) is 8.94. The third-order valence-corrected chi connectivity index (χ3v) is 5.72. The van der Waals surface area contributed by atoms with Gasteiger partial charge in [-0.05, 0) is 0 Å². The van der Waals surface area contributed by atoms with Crippen molar-refractivity contribution in [2.45, 2.75) is 47.0 Å². The highest BCUT2D eigenvalue weighted by molar-refractivity contribution is 7.90. The minimum Gasteiger partial charge on any atom is -0.303 e. The van der Waals surface area contributed by atoms with E-state index < -0.39 is 78.0 Å². The molecule has 0 spiro atoms. The fourth-order valence-corrected chi connectivity index (χ4v) is 3.08. The second kappa shape index (κ2) is 9.24. The molecule has 0 aromatic rings. The summed E-state index contributed by atoms with van der Waals surface area (Å²) in [5.41, 5.74) is 0. The first-order chi connectivity index (χ1) is 15.2. The lowest BCUT2D eigenvalue weighted by Crippen LogP contribution is -2.75. The van der Waals surface area contributed by atoms with Crippen LogP contribution >= 0.6 is 7.82 Å². The lowest BCUT2D eigenvalue weighted by molar-refractivity contribution is -0.458. The summed E-state index contributed by atoms with van der Waals surface area (Å²) >= 11 is 0. The van der Waals surface area contributed by atoms with E-state index in [2.05, 4.69) is 4.52 Å². The highest BCUT2D eigenvalue weighted by atomic mass is 32.2. The average Bonchev–Trinajstić information content (AvgIpc) is 2.62. The fraction of sp³-hybridized carbons (Fsp3) is 1.00. The van der Waals surface area contributed by atoms with Gasteiger partial charge < -0.3 is 9.79 Å². The van der Waals surface area contributed by atoms with Crippen molar-refractivity contribution < 1.29 is 102 Å². The molecular weight excluding hydrogens is 616 g/mol. The zero-order chi connectivity index (χ0) is 29.8. The van der Waals surface area contributed by atoms with E-state index in [1.165, 1.54) is 0 Å². The van der Waals surface area contributed by atoms with Crippen molar-refractivity contribution in [3.63, 3.8) is 0 Å². The summed E-state index contributed by atoms with van der Waals surface area (Å²) in [7, 11) is -13.1. The Morgan fingerprint density at radius 2 is 0.917 bits per heavy atom. The summed E-state index contributed by atoms with van der Waals surface area (Å²) in [6, 6.07) is 0. The first kappa shape index (κ1) is 34.8. The number of sulfonamides is 1. The van der Waals surface area contributed by atoms with Crippen LogP contribution in [0.2, 0.25) is 0 Å². The van der Waals surface area contributed by atoms with Gasteiger partial charge in [0, 0.05) is 6.54 Å². The smallest absolute Gasteiger partial charge is 0.303 e. The lowest BCUT2D eigenvalue weighted by Gasteiger charge is -2.42. The number of alkyl halides is 17. The van der Waals surface area contributed by atoms with Crippen LogP contribution in [0.1, 0.15) is 0 Å². The molecule has 0 radical (unpaired) electrons. The first-order valence-electron chi connectivity index (χ1n) is 7.61. The minimum absolute atomic E-state index is 0.106. The summed E-state index contributed by atoms with van der Waals surface area (Å²) < 4.78 is 258. The Balaban J connectivity index is 6.57. The third-order valence-electron chi connectivity index (χ3n) is 3.68. The van der Waals surface area contributed by atoms with E-state index in [1.54, 1.807) is 0 Å². The maximum Gasteiger partial charge on any atom is 0.469 e. The predicted molar refractivity (Wildman–Crippen MR) is 75.6 cm³/mol. The Bertz CT molecular complexity index is 957. The summed E-state index contributed by atoms with van der Waals surface area (Å²) in [6.45, 7) is -3.71. The SMILES string of the molecule is O=P(O)(O)OCCNS(=O)(=O)C(F)(F)C(F)(F)C(F)(F)C(F)(F)C(F)(F)C(F)(F)C(F)(F)C(F)(F)F. The topological polar surface area (TPSA) is 113 Å². The zero-order valence-corrected chi connectivity index (χ0v) is 17.4. The Hall–Kier alpha value is -1.17. The normalized spacial score (nSPS) is 16.4. The standard InChI is InChI=1S/C10H7F17NO6PS/c11-3(12,5(15,16)7(19,20)9(23,24)25)4(13,14)6(17,18)8(21,22)10(26,27)36(32,33)28-1-2-34-35(29,30)31/h28H,1-2H2,(H2,29,30,31). The van der Waals surface area contributed by atoms with Crippen molar-refractivity contribution in [1.29, 1.82) is 0 Å². The van der Waals surface area contributed by atoms with Crippen molar-refractivity contribution in [3.05, 3.63) is 0 Å². The molecule has 0 unspecified atom stereocenters. The van der Waals surface area contributed by atoms with E-state index in [0.29, 0.717) is 0 Å². The molecule has 26 heteroatoms. The summed E-state index contributed by atoms with van der Waals surface area (Å²) in [4.78, 5) is 16.4. The second-order valence-electron chi connectivity index (χ2n) is 6.18. The number of nitrogens with one attached hydrogen (secondary N) is 1. The van der Waals surface area contributed by atoms with Crippen LogP contribution in [0, 0.1) is 0 Å². The summed E-state index contributed by atoms with van der Waals surface area (Å²) in [6.07, 6.45) is -7.93. The molecule has 0 rings (SSSR count). The van der Waals surface area contributed by atoms with Crippen LogP contribution in [0.15, 0.2) is 0 Å². The maximum absolute atomic E-state index is 13.6. The minimum atomic E-state index is -8.95. The van der Waals surface area contributed by atoms with Gasteiger partial charge in [0.15, 0.2) is 0 Å². The molecule has 0 aliphatic carbocycles. The van der Waals surface area contributed by atoms with Gasteiger partial charge in [-0.15, -0.1) is 0 Å². The highest BCUT2D eigenvalue weighted by Gasteiger charge is 2.96. The van der Waals surface area contributed by atoms with E-state index in [-0.39, 0.29) is 4.72 Å². The molecule has 0 aromatic heterocycles. The molecule has 0 saturated carbocycles. The van der Waals surface area contributed by atoms with Crippen LogP contribution in [0.3, 0.4) is 0 Å². The van der Waals surface area contributed by atoms with Gasteiger partial charge in [-0.25, -0.2) is 17.7 Å². The number of rotatable bonds is 12. The predicted octanol–water partition coefficient (Wildman–Crippen LogP) is 3.98. The van der Waals surface area contributed by atoms with Crippen LogP contribution in [0.25, 0.3) is 0 Å². The molecule has 3 N–H and O–H groups in total. The van der Waals surface area contributed by atoms with Gasteiger partial charge in [0.1, 0.15) is 0 Å². The van der Waals surface area contributed by atoms with E-state index >= 15 is 0 Å². The molecule has 0 aliphatic heterocycles. The number of phosphoric ester groups is 1. The van der Waals surface area contributed by atoms with Crippen LogP contribution in [0.4, 0.5) is 74.6 Å². The Labute approximate surface area is 185 Å².